The third-order valence-corrected chi connectivity index (χ3v) is 3.81. The zero-order chi connectivity index (χ0) is 13.2. The van der Waals surface area contributed by atoms with Gasteiger partial charge in [-0.3, -0.25) is 4.98 Å². The summed E-state index contributed by atoms with van der Waals surface area (Å²) < 4.78 is 13.2. The quantitative estimate of drug-likeness (QED) is 0.908. The molecule has 3 rings (SSSR count). The minimum Gasteiger partial charge on any atom is -0.303 e. The zero-order valence-electron chi connectivity index (χ0n) is 10.9. The van der Waals surface area contributed by atoms with Crippen molar-refractivity contribution in [1.82, 2.24) is 10.3 Å². The number of rotatable bonds is 3. The number of halogens is 1. The highest BCUT2D eigenvalue weighted by atomic mass is 19.1. The molecule has 98 valence electrons. The number of benzene rings is 1. The molecule has 0 bridgehead atoms. The van der Waals surface area contributed by atoms with Gasteiger partial charge in [0.15, 0.2) is 0 Å². The minimum absolute atomic E-state index is 0.0966. The average Bonchev–Trinajstić information content (AvgIpc) is 2.82. The predicted octanol–water partition coefficient (Wildman–Crippen LogP) is 3.56. The topological polar surface area (TPSA) is 24.9 Å². The third-order valence-electron chi connectivity index (χ3n) is 3.81. The van der Waals surface area contributed by atoms with Gasteiger partial charge in [-0.1, -0.05) is 24.3 Å². The smallest absolute Gasteiger partial charge is 0.141 e. The fourth-order valence-electron chi connectivity index (χ4n) is 2.79. The summed E-state index contributed by atoms with van der Waals surface area (Å²) >= 11 is 0. The Balaban J connectivity index is 1.76. The number of fused-ring (bicyclic) bond motifs is 1. The average molecular weight is 256 g/mol. The maximum absolute atomic E-state index is 13.2. The van der Waals surface area contributed by atoms with Crippen molar-refractivity contribution >= 4 is 0 Å². The van der Waals surface area contributed by atoms with Crippen LogP contribution in [0, 0.1) is 5.82 Å². The zero-order valence-corrected chi connectivity index (χ0v) is 10.9. The van der Waals surface area contributed by atoms with Crippen LogP contribution in [0.1, 0.15) is 42.1 Å². The number of aryl methyl sites for hydroxylation is 1. The highest BCUT2D eigenvalue weighted by Gasteiger charge is 2.23. The first-order valence-corrected chi connectivity index (χ1v) is 6.68. The highest BCUT2D eigenvalue weighted by Crippen LogP contribution is 2.32. The van der Waals surface area contributed by atoms with Crippen molar-refractivity contribution in [3.8, 4) is 0 Å². The Hall–Kier alpha value is -1.74. The Kier molecular flexibility index (Phi) is 3.30. The van der Waals surface area contributed by atoms with Crippen molar-refractivity contribution in [1.29, 1.82) is 0 Å². The van der Waals surface area contributed by atoms with Gasteiger partial charge in [0.25, 0.3) is 0 Å². The van der Waals surface area contributed by atoms with E-state index in [1.165, 1.54) is 17.3 Å². The Labute approximate surface area is 112 Å². The molecule has 0 amide bonds. The van der Waals surface area contributed by atoms with Crippen LogP contribution >= 0.6 is 0 Å². The van der Waals surface area contributed by atoms with Crippen molar-refractivity contribution in [3.05, 3.63) is 65.2 Å². The molecule has 1 N–H and O–H groups in total. The molecule has 1 aliphatic carbocycles. The molecule has 1 aromatic carbocycles. The van der Waals surface area contributed by atoms with Crippen molar-refractivity contribution < 1.29 is 4.39 Å². The molecule has 0 spiro atoms. The van der Waals surface area contributed by atoms with Gasteiger partial charge < -0.3 is 5.32 Å². The van der Waals surface area contributed by atoms with E-state index in [2.05, 4.69) is 41.5 Å². The van der Waals surface area contributed by atoms with Gasteiger partial charge in [0.2, 0.25) is 0 Å². The molecule has 0 saturated heterocycles. The van der Waals surface area contributed by atoms with Gasteiger partial charge >= 0.3 is 0 Å². The maximum Gasteiger partial charge on any atom is 0.141 e. The van der Waals surface area contributed by atoms with E-state index in [1.807, 2.05) is 0 Å². The van der Waals surface area contributed by atoms with Gasteiger partial charge in [-0.15, -0.1) is 0 Å². The largest absolute Gasteiger partial charge is 0.303 e. The lowest BCUT2D eigenvalue weighted by molar-refractivity contribution is 0.462. The van der Waals surface area contributed by atoms with E-state index in [9.17, 15) is 4.39 Å². The molecule has 2 aromatic rings. The van der Waals surface area contributed by atoms with E-state index in [-0.39, 0.29) is 11.9 Å². The van der Waals surface area contributed by atoms with Gasteiger partial charge in [0.1, 0.15) is 5.82 Å². The van der Waals surface area contributed by atoms with Gasteiger partial charge in [-0.25, -0.2) is 4.39 Å². The Morgan fingerprint density at radius 2 is 2.16 bits per heavy atom. The molecule has 1 heterocycles. The van der Waals surface area contributed by atoms with E-state index < -0.39 is 0 Å². The predicted molar refractivity (Wildman–Crippen MR) is 73.2 cm³/mol. The summed E-state index contributed by atoms with van der Waals surface area (Å²) in [4.78, 5) is 3.91. The molecule has 3 heteroatoms. The summed E-state index contributed by atoms with van der Waals surface area (Å²) in [5.41, 5.74) is 3.69. The molecule has 1 aromatic heterocycles. The Bertz CT molecular complexity index is 582. The first-order chi connectivity index (χ1) is 9.24. The van der Waals surface area contributed by atoms with Gasteiger partial charge in [0.05, 0.1) is 6.20 Å². The number of hydrogen-bond acceptors (Lipinski definition) is 2. The van der Waals surface area contributed by atoms with Crippen LogP contribution in [0.25, 0.3) is 0 Å². The van der Waals surface area contributed by atoms with Gasteiger partial charge in [0, 0.05) is 18.3 Å². The molecule has 19 heavy (non-hydrogen) atoms. The minimum atomic E-state index is -0.280. The van der Waals surface area contributed by atoms with Gasteiger partial charge in [-0.05, 0) is 42.5 Å². The second-order valence-corrected chi connectivity index (χ2v) is 5.11. The molecule has 0 fully saturated rings. The van der Waals surface area contributed by atoms with Crippen LogP contribution in [0.2, 0.25) is 0 Å². The van der Waals surface area contributed by atoms with Crippen LogP contribution in [0.4, 0.5) is 4.39 Å². The summed E-state index contributed by atoms with van der Waals surface area (Å²) in [6.07, 6.45) is 5.18. The lowest BCUT2D eigenvalue weighted by Crippen LogP contribution is -2.23. The molecule has 2 atom stereocenters. The summed E-state index contributed by atoms with van der Waals surface area (Å²) in [5.74, 6) is -0.280. The molecule has 1 aliphatic rings. The van der Waals surface area contributed by atoms with E-state index in [0.717, 1.165) is 18.4 Å². The Morgan fingerprint density at radius 1 is 1.32 bits per heavy atom. The second-order valence-electron chi connectivity index (χ2n) is 5.11. The first-order valence-electron chi connectivity index (χ1n) is 6.68. The number of aromatic nitrogens is 1. The monoisotopic (exact) mass is 256 g/mol. The molecular formula is C16H17FN2. The SMILES string of the molecule is CC(NC1CCc2ccccc21)c1cncc(F)c1. The number of pyridine rings is 1. The van der Waals surface area contributed by atoms with Crippen LogP contribution in [0.15, 0.2) is 42.7 Å². The summed E-state index contributed by atoms with van der Waals surface area (Å²) in [7, 11) is 0. The van der Waals surface area contributed by atoms with Crippen molar-refractivity contribution in [2.75, 3.05) is 0 Å². The van der Waals surface area contributed by atoms with Crippen LogP contribution < -0.4 is 5.32 Å². The fraction of sp³-hybridized carbons (Fsp3) is 0.312. The summed E-state index contributed by atoms with van der Waals surface area (Å²) in [5, 5.41) is 3.57. The van der Waals surface area contributed by atoms with E-state index in [0.29, 0.717) is 6.04 Å². The van der Waals surface area contributed by atoms with E-state index in [1.54, 1.807) is 12.3 Å². The number of nitrogens with one attached hydrogen (secondary N) is 1. The van der Waals surface area contributed by atoms with Gasteiger partial charge in [-0.2, -0.15) is 0 Å². The van der Waals surface area contributed by atoms with Crippen molar-refractivity contribution in [2.45, 2.75) is 31.8 Å². The first kappa shape index (κ1) is 12.3. The van der Waals surface area contributed by atoms with Crippen molar-refractivity contribution in [3.63, 3.8) is 0 Å². The maximum atomic E-state index is 13.2. The molecule has 2 nitrogen and oxygen atoms in total. The van der Waals surface area contributed by atoms with Crippen LogP contribution in [0.5, 0.6) is 0 Å². The summed E-state index contributed by atoms with van der Waals surface area (Å²) in [6, 6.07) is 10.5. The number of nitrogens with zero attached hydrogens (tertiary/aromatic N) is 1. The normalized spacial score (nSPS) is 19.2. The Morgan fingerprint density at radius 3 is 3.00 bits per heavy atom. The highest BCUT2D eigenvalue weighted by molar-refractivity contribution is 5.34. The standard InChI is InChI=1S/C16H17FN2/c1-11(13-8-14(17)10-18-9-13)19-16-7-6-12-4-2-3-5-15(12)16/h2-5,8-11,16,19H,6-7H2,1H3. The lowest BCUT2D eigenvalue weighted by atomic mass is 10.1. The van der Waals surface area contributed by atoms with Crippen LogP contribution in [-0.2, 0) is 6.42 Å². The van der Waals surface area contributed by atoms with Crippen molar-refractivity contribution in [2.24, 2.45) is 0 Å². The molecule has 0 radical (unpaired) electrons. The molecular weight excluding hydrogens is 239 g/mol. The molecule has 0 aliphatic heterocycles. The second kappa shape index (κ2) is 5.10. The third kappa shape index (κ3) is 2.51. The van der Waals surface area contributed by atoms with E-state index >= 15 is 0 Å². The number of hydrogen-bond donors (Lipinski definition) is 1. The fourth-order valence-corrected chi connectivity index (χ4v) is 2.79. The van der Waals surface area contributed by atoms with E-state index in [4.69, 9.17) is 0 Å². The molecule has 2 unspecified atom stereocenters. The van der Waals surface area contributed by atoms with Crippen LogP contribution in [-0.4, -0.2) is 4.98 Å². The van der Waals surface area contributed by atoms with Crippen LogP contribution in [0.3, 0.4) is 0 Å². The molecule has 0 saturated carbocycles. The summed E-state index contributed by atoms with van der Waals surface area (Å²) in [6.45, 7) is 2.05. The lowest BCUT2D eigenvalue weighted by Gasteiger charge is -2.20.